The summed E-state index contributed by atoms with van der Waals surface area (Å²) in [5.74, 6) is 0.704. The van der Waals surface area contributed by atoms with Gasteiger partial charge in [-0.15, -0.1) is 0 Å². The standard InChI is InChI=1S/C13H19BrO3/c1-9(2)16-6-7-17-13-5-4-11(14)8-12(13)10(3)15/h4-5,8-10,15H,6-7H2,1-3H3. The van der Waals surface area contributed by atoms with E-state index in [1.807, 2.05) is 32.0 Å². The minimum Gasteiger partial charge on any atom is -0.491 e. The van der Waals surface area contributed by atoms with E-state index in [0.717, 1.165) is 10.0 Å². The van der Waals surface area contributed by atoms with Crippen LogP contribution in [0.3, 0.4) is 0 Å². The molecular formula is C13H19BrO3. The Morgan fingerprint density at radius 1 is 1.24 bits per heavy atom. The van der Waals surface area contributed by atoms with E-state index >= 15 is 0 Å². The zero-order chi connectivity index (χ0) is 12.8. The van der Waals surface area contributed by atoms with E-state index in [-0.39, 0.29) is 6.10 Å². The second kappa shape index (κ2) is 6.99. The fourth-order valence-corrected chi connectivity index (χ4v) is 1.79. The first kappa shape index (κ1) is 14.5. The van der Waals surface area contributed by atoms with Gasteiger partial charge in [-0.3, -0.25) is 0 Å². The Kier molecular flexibility index (Phi) is 5.95. The minimum atomic E-state index is -0.548. The zero-order valence-electron chi connectivity index (χ0n) is 10.4. The number of benzene rings is 1. The molecule has 0 aliphatic heterocycles. The number of aliphatic hydroxyl groups excluding tert-OH is 1. The van der Waals surface area contributed by atoms with E-state index in [2.05, 4.69) is 15.9 Å². The van der Waals surface area contributed by atoms with Crippen LogP contribution >= 0.6 is 15.9 Å². The molecule has 1 N–H and O–H groups in total. The van der Waals surface area contributed by atoms with Crippen LogP contribution in [-0.2, 0) is 4.74 Å². The van der Waals surface area contributed by atoms with Crippen molar-refractivity contribution in [2.45, 2.75) is 33.0 Å². The third-order valence-corrected chi connectivity index (χ3v) is 2.71. The fourth-order valence-electron chi connectivity index (χ4n) is 1.41. The highest BCUT2D eigenvalue weighted by Gasteiger charge is 2.09. The van der Waals surface area contributed by atoms with Crippen molar-refractivity contribution in [3.8, 4) is 5.75 Å². The topological polar surface area (TPSA) is 38.7 Å². The van der Waals surface area contributed by atoms with Crippen molar-refractivity contribution < 1.29 is 14.6 Å². The molecule has 0 aliphatic carbocycles. The molecule has 96 valence electrons. The van der Waals surface area contributed by atoms with Crippen molar-refractivity contribution in [1.29, 1.82) is 0 Å². The summed E-state index contributed by atoms with van der Waals surface area (Å²) in [4.78, 5) is 0. The van der Waals surface area contributed by atoms with E-state index in [1.54, 1.807) is 6.92 Å². The second-order valence-corrected chi connectivity index (χ2v) is 5.04. The lowest BCUT2D eigenvalue weighted by atomic mass is 10.1. The van der Waals surface area contributed by atoms with E-state index < -0.39 is 6.10 Å². The average molecular weight is 303 g/mol. The molecule has 4 heteroatoms. The maximum Gasteiger partial charge on any atom is 0.125 e. The highest BCUT2D eigenvalue weighted by molar-refractivity contribution is 9.10. The molecule has 0 heterocycles. The molecule has 1 atom stereocenters. The van der Waals surface area contributed by atoms with Crippen LogP contribution in [0.2, 0.25) is 0 Å². The monoisotopic (exact) mass is 302 g/mol. The van der Waals surface area contributed by atoms with Crippen molar-refractivity contribution in [2.75, 3.05) is 13.2 Å². The van der Waals surface area contributed by atoms with Gasteiger partial charge in [0.2, 0.25) is 0 Å². The van der Waals surface area contributed by atoms with Gasteiger partial charge in [0.05, 0.1) is 18.8 Å². The summed E-state index contributed by atoms with van der Waals surface area (Å²) in [6.07, 6.45) is -0.340. The molecule has 0 radical (unpaired) electrons. The predicted octanol–water partition coefficient (Wildman–Crippen LogP) is 3.31. The highest BCUT2D eigenvalue weighted by atomic mass is 79.9. The summed E-state index contributed by atoms with van der Waals surface area (Å²) in [5.41, 5.74) is 0.781. The fraction of sp³-hybridized carbons (Fsp3) is 0.538. The summed E-state index contributed by atoms with van der Waals surface area (Å²) in [7, 11) is 0. The largest absolute Gasteiger partial charge is 0.491 e. The Labute approximate surface area is 111 Å². The van der Waals surface area contributed by atoms with Gasteiger partial charge in [0.15, 0.2) is 0 Å². The number of rotatable bonds is 6. The summed E-state index contributed by atoms with van der Waals surface area (Å²) in [6.45, 7) is 6.73. The third-order valence-electron chi connectivity index (χ3n) is 2.21. The lowest BCUT2D eigenvalue weighted by Gasteiger charge is -2.14. The first-order valence-corrected chi connectivity index (χ1v) is 6.52. The Morgan fingerprint density at radius 2 is 1.94 bits per heavy atom. The lowest BCUT2D eigenvalue weighted by molar-refractivity contribution is 0.0543. The number of halogens is 1. The van der Waals surface area contributed by atoms with Gasteiger partial charge in [0, 0.05) is 10.0 Å². The van der Waals surface area contributed by atoms with Crippen LogP contribution in [0.5, 0.6) is 5.75 Å². The third kappa shape index (κ3) is 5.06. The SMILES string of the molecule is CC(C)OCCOc1ccc(Br)cc1C(C)O. The van der Waals surface area contributed by atoms with E-state index in [4.69, 9.17) is 9.47 Å². The van der Waals surface area contributed by atoms with Crippen molar-refractivity contribution in [3.63, 3.8) is 0 Å². The minimum absolute atomic E-state index is 0.208. The number of hydrogen-bond donors (Lipinski definition) is 1. The molecule has 0 saturated heterocycles. The molecule has 0 aliphatic rings. The first-order chi connectivity index (χ1) is 8.00. The van der Waals surface area contributed by atoms with E-state index in [0.29, 0.717) is 19.0 Å². The van der Waals surface area contributed by atoms with Gasteiger partial charge < -0.3 is 14.6 Å². The Hall–Kier alpha value is -0.580. The molecule has 1 rings (SSSR count). The van der Waals surface area contributed by atoms with Crippen LogP contribution in [0.15, 0.2) is 22.7 Å². The number of ether oxygens (including phenoxy) is 2. The Morgan fingerprint density at radius 3 is 2.53 bits per heavy atom. The first-order valence-electron chi connectivity index (χ1n) is 5.72. The van der Waals surface area contributed by atoms with Gasteiger partial charge in [-0.2, -0.15) is 0 Å². The van der Waals surface area contributed by atoms with Crippen LogP contribution in [-0.4, -0.2) is 24.4 Å². The van der Waals surface area contributed by atoms with Crippen molar-refractivity contribution in [2.24, 2.45) is 0 Å². The number of aliphatic hydroxyl groups is 1. The van der Waals surface area contributed by atoms with Gasteiger partial charge in [-0.25, -0.2) is 0 Å². The van der Waals surface area contributed by atoms with Crippen LogP contribution in [0.1, 0.15) is 32.4 Å². The highest BCUT2D eigenvalue weighted by Crippen LogP contribution is 2.28. The lowest BCUT2D eigenvalue weighted by Crippen LogP contribution is -2.12. The van der Waals surface area contributed by atoms with Crippen LogP contribution in [0, 0.1) is 0 Å². The smallest absolute Gasteiger partial charge is 0.125 e. The molecule has 0 aromatic heterocycles. The molecule has 0 amide bonds. The molecule has 3 nitrogen and oxygen atoms in total. The van der Waals surface area contributed by atoms with Crippen molar-refractivity contribution in [3.05, 3.63) is 28.2 Å². The average Bonchev–Trinajstić information content (AvgIpc) is 2.25. The van der Waals surface area contributed by atoms with Gasteiger partial charge in [0.25, 0.3) is 0 Å². The van der Waals surface area contributed by atoms with E-state index in [1.165, 1.54) is 0 Å². The van der Waals surface area contributed by atoms with Crippen LogP contribution in [0.4, 0.5) is 0 Å². The summed E-state index contributed by atoms with van der Waals surface area (Å²) < 4.78 is 11.9. The predicted molar refractivity (Wildman–Crippen MR) is 71.4 cm³/mol. The molecule has 0 spiro atoms. The number of hydrogen-bond acceptors (Lipinski definition) is 3. The van der Waals surface area contributed by atoms with Crippen LogP contribution in [0.25, 0.3) is 0 Å². The summed E-state index contributed by atoms with van der Waals surface area (Å²) in [6, 6.07) is 5.61. The summed E-state index contributed by atoms with van der Waals surface area (Å²) in [5, 5.41) is 9.64. The molecule has 1 aromatic carbocycles. The Bertz CT molecular complexity index is 351. The van der Waals surface area contributed by atoms with Gasteiger partial charge in [-0.1, -0.05) is 15.9 Å². The molecule has 1 aromatic rings. The van der Waals surface area contributed by atoms with Crippen LogP contribution < -0.4 is 4.74 Å². The summed E-state index contributed by atoms with van der Waals surface area (Å²) >= 11 is 3.37. The van der Waals surface area contributed by atoms with Crippen molar-refractivity contribution in [1.82, 2.24) is 0 Å². The maximum atomic E-state index is 9.64. The van der Waals surface area contributed by atoms with E-state index in [9.17, 15) is 5.11 Å². The quantitative estimate of drug-likeness (QED) is 0.820. The molecule has 0 fully saturated rings. The van der Waals surface area contributed by atoms with Gasteiger partial charge in [-0.05, 0) is 39.0 Å². The van der Waals surface area contributed by atoms with Gasteiger partial charge in [0.1, 0.15) is 12.4 Å². The van der Waals surface area contributed by atoms with Gasteiger partial charge >= 0.3 is 0 Å². The maximum absolute atomic E-state index is 9.64. The molecule has 0 bridgehead atoms. The Balaban J connectivity index is 2.58. The molecule has 0 saturated carbocycles. The molecule has 1 unspecified atom stereocenters. The zero-order valence-corrected chi connectivity index (χ0v) is 12.0. The second-order valence-electron chi connectivity index (χ2n) is 4.13. The van der Waals surface area contributed by atoms with Crippen molar-refractivity contribution >= 4 is 15.9 Å². The molecular weight excluding hydrogens is 284 g/mol. The molecule has 17 heavy (non-hydrogen) atoms. The normalized spacial score (nSPS) is 12.8.